The lowest BCUT2D eigenvalue weighted by molar-refractivity contribution is -0.118. The Morgan fingerprint density at radius 2 is 1.78 bits per heavy atom. The number of para-hydroxylation sites is 1. The molecule has 27 heavy (non-hydrogen) atoms. The molecule has 138 valence electrons. The van der Waals surface area contributed by atoms with Crippen LogP contribution < -0.4 is 5.43 Å². The number of carbonyl (C=O) groups excluding carboxylic acids is 1. The van der Waals surface area contributed by atoms with Gasteiger partial charge in [0.25, 0.3) is 5.91 Å². The summed E-state index contributed by atoms with van der Waals surface area (Å²) < 4.78 is 1.62. The molecule has 0 aliphatic carbocycles. The smallest absolute Gasteiger partial charge is 0.250 e. The Bertz CT molecular complexity index is 916. The molecular weight excluding hydrogens is 400 g/mol. The summed E-state index contributed by atoms with van der Waals surface area (Å²) in [7, 11) is 0. The second kappa shape index (κ2) is 10.1. The van der Waals surface area contributed by atoms with Gasteiger partial charge in [-0.1, -0.05) is 77.3 Å². The molecule has 0 unspecified atom stereocenters. The van der Waals surface area contributed by atoms with E-state index in [1.807, 2.05) is 18.2 Å². The summed E-state index contributed by atoms with van der Waals surface area (Å²) in [4.78, 5) is 11.9. The molecular formula is C18H16N4O2S3. The van der Waals surface area contributed by atoms with Gasteiger partial charge in [0.15, 0.2) is 8.68 Å². The molecule has 0 saturated heterocycles. The molecule has 1 amide bonds. The van der Waals surface area contributed by atoms with Crippen LogP contribution in [0.25, 0.3) is 0 Å². The van der Waals surface area contributed by atoms with Crippen LogP contribution in [0.4, 0.5) is 0 Å². The molecule has 3 aromatic rings. The van der Waals surface area contributed by atoms with E-state index in [1.165, 1.54) is 34.9 Å². The molecule has 0 atom stereocenters. The SMILES string of the molecule is O=C(CSc1nnc(SCc2ccccc2)s1)N/N=C/c1ccccc1O. The first kappa shape index (κ1) is 19.4. The number of carbonyl (C=O) groups is 1. The zero-order valence-electron chi connectivity index (χ0n) is 14.1. The van der Waals surface area contributed by atoms with Crippen molar-refractivity contribution in [3.05, 3.63) is 65.7 Å². The van der Waals surface area contributed by atoms with E-state index < -0.39 is 0 Å². The van der Waals surface area contributed by atoms with Crippen molar-refractivity contribution in [1.82, 2.24) is 15.6 Å². The fraction of sp³-hybridized carbons (Fsp3) is 0.111. The van der Waals surface area contributed by atoms with E-state index in [0.29, 0.717) is 5.56 Å². The first-order valence-corrected chi connectivity index (χ1v) is 10.7. The van der Waals surface area contributed by atoms with Gasteiger partial charge in [0, 0.05) is 11.3 Å². The van der Waals surface area contributed by atoms with Crippen LogP contribution in [-0.2, 0) is 10.5 Å². The Balaban J connectivity index is 1.41. The van der Waals surface area contributed by atoms with E-state index in [9.17, 15) is 9.90 Å². The molecule has 0 aliphatic heterocycles. The summed E-state index contributed by atoms with van der Waals surface area (Å²) in [6.45, 7) is 0. The van der Waals surface area contributed by atoms with E-state index in [0.717, 1.165) is 14.4 Å². The molecule has 9 heteroatoms. The number of aromatic nitrogens is 2. The lowest BCUT2D eigenvalue weighted by atomic mass is 10.2. The quantitative estimate of drug-likeness (QED) is 0.330. The number of hydrogen-bond donors (Lipinski definition) is 2. The second-order valence-corrected chi connectivity index (χ2v) is 8.67. The Morgan fingerprint density at radius 3 is 2.56 bits per heavy atom. The first-order valence-electron chi connectivity index (χ1n) is 7.93. The molecule has 0 aliphatic rings. The van der Waals surface area contributed by atoms with E-state index >= 15 is 0 Å². The van der Waals surface area contributed by atoms with Gasteiger partial charge < -0.3 is 5.11 Å². The number of nitrogens with zero attached hydrogens (tertiary/aromatic N) is 3. The number of hydrogen-bond acceptors (Lipinski definition) is 8. The molecule has 1 aromatic heterocycles. The summed E-state index contributed by atoms with van der Waals surface area (Å²) in [5.74, 6) is 0.886. The summed E-state index contributed by atoms with van der Waals surface area (Å²) in [6, 6.07) is 16.9. The van der Waals surface area contributed by atoms with Crippen molar-refractivity contribution in [3.63, 3.8) is 0 Å². The number of nitrogens with one attached hydrogen (secondary N) is 1. The number of amides is 1. The van der Waals surface area contributed by atoms with Gasteiger partial charge >= 0.3 is 0 Å². The van der Waals surface area contributed by atoms with Crippen molar-refractivity contribution in [2.45, 2.75) is 14.4 Å². The Kier molecular flexibility index (Phi) is 7.26. The lowest BCUT2D eigenvalue weighted by Crippen LogP contribution is -2.19. The zero-order chi connectivity index (χ0) is 18.9. The number of benzene rings is 2. The highest BCUT2D eigenvalue weighted by Gasteiger charge is 2.08. The average molecular weight is 417 g/mol. The maximum Gasteiger partial charge on any atom is 0.250 e. The lowest BCUT2D eigenvalue weighted by Gasteiger charge is -1.99. The van der Waals surface area contributed by atoms with Crippen LogP contribution in [0, 0.1) is 0 Å². The summed E-state index contributed by atoms with van der Waals surface area (Å²) >= 11 is 4.41. The minimum Gasteiger partial charge on any atom is -0.507 e. The number of rotatable bonds is 8. The van der Waals surface area contributed by atoms with E-state index in [-0.39, 0.29) is 17.4 Å². The molecule has 1 heterocycles. The van der Waals surface area contributed by atoms with Gasteiger partial charge in [0.05, 0.1) is 12.0 Å². The number of phenols is 1. The molecule has 2 aromatic carbocycles. The van der Waals surface area contributed by atoms with Gasteiger partial charge in [-0.3, -0.25) is 4.79 Å². The fourth-order valence-corrected chi connectivity index (χ4v) is 4.73. The van der Waals surface area contributed by atoms with Crippen LogP contribution in [0.3, 0.4) is 0 Å². The number of thioether (sulfide) groups is 2. The second-order valence-electron chi connectivity index (χ2n) is 5.25. The largest absolute Gasteiger partial charge is 0.507 e. The predicted octanol–water partition coefficient (Wildman–Crippen LogP) is 3.78. The van der Waals surface area contributed by atoms with Crippen molar-refractivity contribution >= 4 is 47.0 Å². The van der Waals surface area contributed by atoms with Crippen LogP contribution >= 0.6 is 34.9 Å². The van der Waals surface area contributed by atoms with Crippen molar-refractivity contribution in [1.29, 1.82) is 0 Å². The number of hydrazone groups is 1. The molecule has 0 saturated carbocycles. The van der Waals surface area contributed by atoms with E-state index in [4.69, 9.17) is 0 Å². The normalized spacial score (nSPS) is 11.0. The van der Waals surface area contributed by atoms with Gasteiger partial charge in [0.1, 0.15) is 5.75 Å². The number of phenolic OH excluding ortho intramolecular Hbond substituents is 1. The van der Waals surface area contributed by atoms with Crippen molar-refractivity contribution in [3.8, 4) is 5.75 Å². The first-order chi connectivity index (χ1) is 13.2. The molecule has 0 radical (unpaired) electrons. The average Bonchev–Trinajstić information content (AvgIpc) is 3.15. The molecule has 0 fully saturated rings. The van der Waals surface area contributed by atoms with Gasteiger partial charge in [-0.2, -0.15) is 5.10 Å². The monoisotopic (exact) mass is 416 g/mol. The predicted molar refractivity (Wildman–Crippen MR) is 110 cm³/mol. The third kappa shape index (κ3) is 6.38. The maximum absolute atomic E-state index is 11.9. The van der Waals surface area contributed by atoms with Crippen molar-refractivity contribution in [2.75, 3.05) is 5.75 Å². The van der Waals surface area contributed by atoms with Gasteiger partial charge in [-0.25, -0.2) is 5.43 Å². The van der Waals surface area contributed by atoms with Crippen LogP contribution in [0.1, 0.15) is 11.1 Å². The molecule has 6 nitrogen and oxygen atoms in total. The Labute approximate surface area is 169 Å². The summed E-state index contributed by atoms with van der Waals surface area (Å²) in [5.41, 5.74) is 4.20. The van der Waals surface area contributed by atoms with E-state index in [2.05, 4.69) is 32.9 Å². The minimum atomic E-state index is -0.250. The van der Waals surface area contributed by atoms with Gasteiger partial charge in [-0.05, 0) is 17.7 Å². The highest BCUT2D eigenvalue weighted by molar-refractivity contribution is 8.03. The minimum absolute atomic E-state index is 0.110. The highest BCUT2D eigenvalue weighted by Crippen LogP contribution is 2.30. The maximum atomic E-state index is 11.9. The van der Waals surface area contributed by atoms with Crippen LogP contribution in [0.5, 0.6) is 5.75 Å². The summed E-state index contributed by atoms with van der Waals surface area (Å²) in [6.07, 6.45) is 1.40. The van der Waals surface area contributed by atoms with Gasteiger partial charge in [-0.15, -0.1) is 10.2 Å². The zero-order valence-corrected chi connectivity index (χ0v) is 16.6. The summed E-state index contributed by atoms with van der Waals surface area (Å²) in [5, 5.41) is 21.7. The Morgan fingerprint density at radius 1 is 1.07 bits per heavy atom. The van der Waals surface area contributed by atoms with Crippen LogP contribution in [0.2, 0.25) is 0 Å². The fourth-order valence-electron chi connectivity index (χ4n) is 1.96. The van der Waals surface area contributed by atoms with Crippen LogP contribution in [-0.4, -0.2) is 33.2 Å². The molecule has 3 rings (SSSR count). The highest BCUT2D eigenvalue weighted by atomic mass is 32.2. The topological polar surface area (TPSA) is 87.5 Å². The molecule has 2 N–H and O–H groups in total. The molecule has 0 bridgehead atoms. The standard InChI is InChI=1S/C18H16N4O2S3/c23-15-9-5-4-8-14(15)10-19-20-16(24)12-26-18-22-21-17(27-18)25-11-13-6-2-1-3-7-13/h1-10,23H,11-12H2,(H,20,24)/b19-10+. The van der Waals surface area contributed by atoms with Crippen molar-refractivity contribution in [2.24, 2.45) is 5.10 Å². The Hall–Kier alpha value is -2.36. The van der Waals surface area contributed by atoms with Gasteiger partial charge in [0.2, 0.25) is 0 Å². The van der Waals surface area contributed by atoms with Crippen LogP contribution in [0.15, 0.2) is 68.4 Å². The van der Waals surface area contributed by atoms with Crippen molar-refractivity contribution < 1.29 is 9.90 Å². The van der Waals surface area contributed by atoms with E-state index in [1.54, 1.807) is 36.0 Å². The number of aromatic hydroxyl groups is 1. The third-order valence-corrected chi connectivity index (χ3v) is 6.51. The molecule has 0 spiro atoms. The third-order valence-electron chi connectivity index (χ3n) is 3.25.